The van der Waals surface area contributed by atoms with E-state index < -0.39 is 0 Å². The van der Waals surface area contributed by atoms with E-state index in [0.717, 1.165) is 35.7 Å². The molecule has 1 aromatic heterocycles. The molecule has 1 aromatic rings. The number of thioether (sulfide) groups is 2. The number of nitrogens with zero attached hydrogens (tertiary/aromatic N) is 2. The smallest absolute Gasteiger partial charge is 0.228 e. The Morgan fingerprint density at radius 1 is 1.37 bits per heavy atom. The lowest BCUT2D eigenvalue weighted by Crippen LogP contribution is -2.24. The highest BCUT2D eigenvalue weighted by molar-refractivity contribution is 8.07. The second kappa shape index (κ2) is 6.06. The molecule has 0 amide bonds. The monoisotopic (exact) mass is 299 g/mol. The lowest BCUT2D eigenvalue weighted by atomic mass is 10.1. The van der Waals surface area contributed by atoms with E-state index in [4.69, 9.17) is 4.52 Å². The predicted octanol–water partition coefficient (Wildman–Crippen LogP) is 2.66. The van der Waals surface area contributed by atoms with Crippen molar-refractivity contribution < 1.29 is 4.52 Å². The highest BCUT2D eigenvalue weighted by Gasteiger charge is 2.30. The molecule has 106 valence electrons. The number of aromatic nitrogens is 2. The van der Waals surface area contributed by atoms with E-state index in [1.54, 1.807) is 0 Å². The highest BCUT2D eigenvalue weighted by Crippen LogP contribution is 2.43. The Bertz CT molecular complexity index is 420. The molecule has 0 saturated carbocycles. The fourth-order valence-electron chi connectivity index (χ4n) is 2.54. The van der Waals surface area contributed by atoms with Crippen LogP contribution in [0.25, 0.3) is 0 Å². The van der Waals surface area contributed by atoms with Crippen LogP contribution in [0.4, 0.5) is 0 Å². The van der Waals surface area contributed by atoms with E-state index in [1.807, 2.05) is 23.5 Å². The molecule has 0 aromatic carbocycles. The van der Waals surface area contributed by atoms with Crippen molar-refractivity contribution in [1.29, 1.82) is 0 Å². The molecule has 2 fully saturated rings. The van der Waals surface area contributed by atoms with Gasteiger partial charge in [-0.15, -0.1) is 11.8 Å². The third-order valence-corrected chi connectivity index (χ3v) is 7.29. The summed E-state index contributed by atoms with van der Waals surface area (Å²) in [5.74, 6) is 2.78. The van der Waals surface area contributed by atoms with Crippen LogP contribution in [-0.2, 0) is 6.42 Å². The molecule has 1 N–H and O–H groups in total. The number of nitrogens with one attached hydrogen (secondary N) is 1. The van der Waals surface area contributed by atoms with Gasteiger partial charge in [0, 0.05) is 28.7 Å². The molecule has 0 radical (unpaired) electrons. The summed E-state index contributed by atoms with van der Waals surface area (Å²) in [5.41, 5.74) is 0. The van der Waals surface area contributed by atoms with E-state index >= 15 is 0 Å². The molecule has 4 unspecified atom stereocenters. The van der Waals surface area contributed by atoms with Crippen LogP contribution < -0.4 is 5.32 Å². The molecule has 6 heteroatoms. The van der Waals surface area contributed by atoms with Crippen molar-refractivity contribution in [3.63, 3.8) is 0 Å². The largest absolute Gasteiger partial charge is 0.339 e. The molecule has 2 aliphatic rings. The number of hydrogen-bond acceptors (Lipinski definition) is 6. The molecule has 0 bridgehead atoms. The molecule has 4 nitrogen and oxygen atoms in total. The second-order valence-electron chi connectivity index (χ2n) is 5.41. The average Bonchev–Trinajstić information content (AvgIpc) is 3.05. The Morgan fingerprint density at radius 3 is 3.00 bits per heavy atom. The van der Waals surface area contributed by atoms with Crippen LogP contribution in [0.5, 0.6) is 0 Å². The average molecular weight is 299 g/mol. The summed E-state index contributed by atoms with van der Waals surface area (Å²) in [4.78, 5) is 4.60. The molecule has 3 rings (SSSR count). The van der Waals surface area contributed by atoms with E-state index in [0.29, 0.717) is 16.5 Å². The maximum atomic E-state index is 5.42. The maximum Gasteiger partial charge on any atom is 0.228 e. The normalized spacial score (nSPS) is 35.7. The van der Waals surface area contributed by atoms with Crippen molar-refractivity contribution in [3.8, 4) is 0 Å². The van der Waals surface area contributed by atoms with Gasteiger partial charge < -0.3 is 9.84 Å². The lowest BCUT2D eigenvalue weighted by Gasteiger charge is -2.29. The van der Waals surface area contributed by atoms with Gasteiger partial charge in [0.2, 0.25) is 5.89 Å². The Kier molecular flexibility index (Phi) is 4.39. The number of rotatable bonds is 3. The van der Waals surface area contributed by atoms with Gasteiger partial charge in [-0.1, -0.05) is 19.0 Å². The minimum atomic E-state index is 0.394. The summed E-state index contributed by atoms with van der Waals surface area (Å²) >= 11 is 4.00. The number of hydrogen-bond donors (Lipinski definition) is 1. The zero-order valence-corrected chi connectivity index (χ0v) is 13.1. The fourth-order valence-corrected chi connectivity index (χ4v) is 5.38. The molecule has 3 heterocycles. The molecular formula is C13H21N3OS2. The predicted molar refractivity (Wildman–Crippen MR) is 80.7 cm³/mol. The highest BCUT2D eigenvalue weighted by atomic mass is 32.2. The van der Waals surface area contributed by atoms with E-state index in [-0.39, 0.29) is 0 Å². The van der Waals surface area contributed by atoms with Crippen molar-refractivity contribution in [2.75, 3.05) is 12.3 Å². The van der Waals surface area contributed by atoms with Crippen LogP contribution in [0.1, 0.15) is 43.7 Å². The Balaban J connectivity index is 1.61. The molecule has 4 atom stereocenters. The van der Waals surface area contributed by atoms with Crippen LogP contribution in [0.2, 0.25) is 0 Å². The molecule has 2 aliphatic heterocycles. The Morgan fingerprint density at radius 2 is 2.26 bits per heavy atom. The van der Waals surface area contributed by atoms with Crippen molar-refractivity contribution in [2.45, 2.75) is 54.9 Å². The fraction of sp³-hybridized carbons (Fsp3) is 0.846. The Hall–Kier alpha value is -0.200. The first-order valence-electron chi connectivity index (χ1n) is 7.05. The Labute approximate surface area is 122 Å². The van der Waals surface area contributed by atoms with Gasteiger partial charge in [0.25, 0.3) is 0 Å². The van der Waals surface area contributed by atoms with Gasteiger partial charge in [-0.2, -0.15) is 16.7 Å². The summed E-state index contributed by atoms with van der Waals surface area (Å²) in [7, 11) is 0. The first kappa shape index (κ1) is 13.8. The summed E-state index contributed by atoms with van der Waals surface area (Å²) < 4.78 is 5.42. The molecule has 19 heavy (non-hydrogen) atoms. The first-order chi connectivity index (χ1) is 9.22. The van der Waals surface area contributed by atoms with Gasteiger partial charge in [0.05, 0.1) is 5.25 Å². The van der Waals surface area contributed by atoms with Crippen LogP contribution in [-0.4, -0.2) is 39.0 Å². The van der Waals surface area contributed by atoms with Crippen LogP contribution in [0.15, 0.2) is 4.52 Å². The standard InChI is InChI=1S/C13H21N3OS2/c1-8-9(2)19-11(7-18-8)13-15-12(17-16-13)6-10-4-3-5-14-10/h8-11,14H,3-7H2,1-2H3. The topological polar surface area (TPSA) is 51.0 Å². The van der Waals surface area contributed by atoms with Crippen molar-refractivity contribution in [1.82, 2.24) is 15.5 Å². The zero-order valence-electron chi connectivity index (χ0n) is 11.5. The first-order valence-corrected chi connectivity index (χ1v) is 9.04. The quantitative estimate of drug-likeness (QED) is 0.926. The van der Waals surface area contributed by atoms with Crippen LogP contribution in [0.3, 0.4) is 0 Å². The third-order valence-electron chi connectivity index (χ3n) is 3.91. The minimum Gasteiger partial charge on any atom is -0.339 e. The van der Waals surface area contributed by atoms with Gasteiger partial charge >= 0.3 is 0 Å². The molecule has 0 spiro atoms. The van der Waals surface area contributed by atoms with E-state index in [9.17, 15) is 0 Å². The van der Waals surface area contributed by atoms with Crippen molar-refractivity contribution in [3.05, 3.63) is 11.7 Å². The second-order valence-corrected chi connectivity index (χ2v) is 8.41. The van der Waals surface area contributed by atoms with Gasteiger partial charge in [-0.3, -0.25) is 0 Å². The lowest BCUT2D eigenvalue weighted by molar-refractivity contribution is 0.360. The van der Waals surface area contributed by atoms with E-state index in [2.05, 4.69) is 29.3 Å². The minimum absolute atomic E-state index is 0.394. The molecular weight excluding hydrogens is 278 g/mol. The van der Waals surface area contributed by atoms with Crippen molar-refractivity contribution >= 4 is 23.5 Å². The van der Waals surface area contributed by atoms with Crippen LogP contribution >= 0.6 is 23.5 Å². The van der Waals surface area contributed by atoms with Crippen LogP contribution in [0, 0.1) is 0 Å². The SMILES string of the molecule is CC1SCC(c2noc(CC3CCCN3)n2)SC1C. The van der Waals surface area contributed by atoms with Gasteiger partial charge in [-0.05, 0) is 19.4 Å². The summed E-state index contributed by atoms with van der Waals surface area (Å²) in [6.07, 6.45) is 3.36. The van der Waals surface area contributed by atoms with Gasteiger partial charge in [-0.25, -0.2) is 0 Å². The maximum absolute atomic E-state index is 5.42. The molecule has 2 saturated heterocycles. The molecule has 0 aliphatic carbocycles. The van der Waals surface area contributed by atoms with E-state index in [1.165, 1.54) is 12.8 Å². The summed E-state index contributed by atoms with van der Waals surface area (Å²) in [6.45, 7) is 5.71. The van der Waals surface area contributed by atoms with Gasteiger partial charge in [0.1, 0.15) is 0 Å². The summed E-state index contributed by atoms with van der Waals surface area (Å²) in [6, 6.07) is 0.528. The van der Waals surface area contributed by atoms with Gasteiger partial charge in [0.15, 0.2) is 5.82 Å². The third kappa shape index (κ3) is 3.28. The van der Waals surface area contributed by atoms with Crippen molar-refractivity contribution in [2.24, 2.45) is 0 Å². The zero-order chi connectivity index (χ0) is 13.2. The summed E-state index contributed by atoms with van der Waals surface area (Å²) in [5, 5.41) is 9.43.